The van der Waals surface area contributed by atoms with Crippen LogP contribution < -0.4 is 10.6 Å². The van der Waals surface area contributed by atoms with Crippen LogP contribution in [0.2, 0.25) is 0 Å². The Hall–Kier alpha value is -2.05. The van der Waals surface area contributed by atoms with E-state index < -0.39 is 30.0 Å². The second kappa shape index (κ2) is 6.93. The number of halogens is 3. The summed E-state index contributed by atoms with van der Waals surface area (Å²) < 4.78 is 38.1. The molecule has 0 spiro atoms. The molecule has 0 fully saturated rings. The SMILES string of the molecule is CCCNC(=O)CC(=O)Nc1ccccc1C(F)(F)F. The van der Waals surface area contributed by atoms with E-state index in [9.17, 15) is 22.8 Å². The van der Waals surface area contributed by atoms with Gasteiger partial charge in [0, 0.05) is 6.54 Å². The molecule has 0 unspecified atom stereocenters. The fourth-order valence-electron chi connectivity index (χ4n) is 1.51. The van der Waals surface area contributed by atoms with E-state index in [4.69, 9.17) is 0 Å². The van der Waals surface area contributed by atoms with Gasteiger partial charge in [-0.15, -0.1) is 0 Å². The third-order valence-electron chi connectivity index (χ3n) is 2.40. The first-order valence-corrected chi connectivity index (χ1v) is 6.07. The maximum atomic E-state index is 12.7. The van der Waals surface area contributed by atoms with Crippen molar-refractivity contribution < 1.29 is 22.8 Å². The maximum Gasteiger partial charge on any atom is 0.418 e. The van der Waals surface area contributed by atoms with E-state index in [-0.39, 0.29) is 5.69 Å². The Bertz CT molecular complexity index is 487. The molecular weight excluding hydrogens is 273 g/mol. The predicted octanol–water partition coefficient (Wildman–Crippen LogP) is 2.56. The van der Waals surface area contributed by atoms with Gasteiger partial charge < -0.3 is 10.6 Å². The van der Waals surface area contributed by atoms with Gasteiger partial charge in [-0.2, -0.15) is 13.2 Å². The lowest BCUT2D eigenvalue weighted by Gasteiger charge is -2.13. The molecule has 0 heterocycles. The summed E-state index contributed by atoms with van der Waals surface area (Å²) >= 11 is 0. The molecule has 2 N–H and O–H groups in total. The van der Waals surface area contributed by atoms with Crippen LogP contribution in [0.4, 0.5) is 18.9 Å². The molecule has 1 aromatic carbocycles. The molecule has 0 aliphatic heterocycles. The van der Waals surface area contributed by atoms with Crippen molar-refractivity contribution >= 4 is 17.5 Å². The van der Waals surface area contributed by atoms with Crippen molar-refractivity contribution in [3.63, 3.8) is 0 Å². The number of amides is 2. The fraction of sp³-hybridized carbons (Fsp3) is 0.385. The number of benzene rings is 1. The average Bonchev–Trinajstić information content (AvgIpc) is 2.35. The molecule has 7 heteroatoms. The summed E-state index contributed by atoms with van der Waals surface area (Å²) in [6.45, 7) is 2.27. The molecule has 0 radical (unpaired) electrons. The topological polar surface area (TPSA) is 58.2 Å². The van der Waals surface area contributed by atoms with E-state index in [1.165, 1.54) is 12.1 Å². The standard InChI is InChI=1S/C13H15F3N2O2/c1-2-7-17-11(19)8-12(20)18-10-6-4-3-5-9(10)13(14,15)16/h3-6H,2,7-8H2,1H3,(H,17,19)(H,18,20). The fourth-order valence-corrected chi connectivity index (χ4v) is 1.51. The largest absolute Gasteiger partial charge is 0.418 e. The second-order valence-electron chi connectivity index (χ2n) is 4.12. The van der Waals surface area contributed by atoms with Gasteiger partial charge >= 0.3 is 6.18 Å². The number of carbonyl (C=O) groups is 2. The Morgan fingerprint density at radius 3 is 2.40 bits per heavy atom. The van der Waals surface area contributed by atoms with Crippen molar-refractivity contribution in [2.24, 2.45) is 0 Å². The molecule has 0 atom stereocenters. The number of hydrogen-bond acceptors (Lipinski definition) is 2. The van der Waals surface area contributed by atoms with Gasteiger partial charge in [-0.3, -0.25) is 9.59 Å². The molecule has 1 rings (SSSR count). The Morgan fingerprint density at radius 1 is 1.15 bits per heavy atom. The molecule has 0 aromatic heterocycles. The number of anilines is 1. The first kappa shape index (κ1) is 16.0. The minimum Gasteiger partial charge on any atom is -0.356 e. The summed E-state index contributed by atoms with van der Waals surface area (Å²) in [4.78, 5) is 22.8. The third-order valence-corrected chi connectivity index (χ3v) is 2.40. The normalized spacial score (nSPS) is 11.0. The molecule has 110 valence electrons. The number of hydrogen-bond donors (Lipinski definition) is 2. The highest BCUT2D eigenvalue weighted by atomic mass is 19.4. The van der Waals surface area contributed by atoms with Crippen LogP contribution in [0.5, 0.6) is 0 Å². The Kier molecular flexibility index (Phi) is 5.54. The van der Waals surface area contributed by atoms with Crippen molar-refractivity contribution in [3.8, 4) is 0 Å². The predicted molar refractivity (Wildman–Crippen MR) is 68.0 cm³/mol. The smallest absolute Gasteiger partial charge is 0.356 e. The Balaban J connectivity index is 2.69. The van der Waals surface area contributed by atoms with E-state index in [1.807, 2.05) is 6.92 Å². The van der Waals surface area contributed by atoms with Gasteiger partial charge in [0.2, 0.25) is 11.8 Å². The highest BCUT2D eigenvalue weighted by molar-refractivity contribution is 6.03. The van der Waals surface area contributed by atoms with E-state index in [0.717, 1.165) is 12.1 Å². The van der Waals surface area contributed by atoms with E-state index in [2.05, 4.69) is 10.6 Å². The van der Waals surface area contributed by atoms with Crippen molar-refractivity contribution in [1.82, 2.24) is 5.32 Å². The molecule has 4 nitrogen and oxygen atoms in total. The summed E-state index contributed by atoms with van der Waals surface area (Å²) in [7, 11) is 0. The molecule has 0 aliphatic carbocycles. The monoisotopic (exact) mass is 288 g/mol. The Labute approximate surface area is 114 Å². The van der Waals surface area contributed by atoms with Crippen LogP contribution in [0.1, 0.15) is 25.3 Å². The highest BCUT2D eigenvalue weighted by Gasteiger charge is 2.33. The van der Waals surface area contributed by atoms with Crippen LogP contribution in [0, 0.1) is 0 Å². The third kappa shape index (κ3) is 4.91. The van der Waals surface area contributed by atoms with Gasteiger partial charge in [0.1, 0.15) is 6.42 Å². The first-order chi connectivity index (χ1) is 9.34. The zero-order chi connectivity index (χ0) is 15.2. The van der Waals surface area contributed by atoms with Crippen molar-refractivity contribution in [2.45, 2.75) is 25.9 Å². The van der Waals surface area contributed by atoms with Crippen LogP contribution in [0.15, 0.2) is 24.3 Å². The summed E-state index contributed by atoms with van der Waals surface area (Å²) in [6, 6.07) is 4.62. The summed E-state index contributed by atoms with van der Waals surface area (Å²) in [6.07, 6.45) is -4.36. The van der Waals surface area contributed by atoms with Crippen LogP contribution >= 0.6 is 0 Å². The lowest BCUT2D eigenvalue weighted by Crippen LogP contribution is -2.29. The average molecular weight is 288 g/mol. The number of rotatable bonds is 5. The van der Waals surface area contributed by atoms with E-state index in [1.54, 1.807) is 0 Å². The van der Waals surface area contributed by atoms with Crippen molar-refractivity contribution in [1.29, 1.82) is 0 Å². The number of alkyl halides is 3. The number of para-hydroxylation sites is 1. The first-order valence-electron chi connectivity index (χ1n) is 6.07. The molecule has 0 aliphatic rings. The zero-order valence-corrected chi connectivity index (χ0v) is 10.9. The van der Waals surface area contributed by atoms with Gasteiger partial charge in [0.05, 0.1) is 11.3 Å². The zero-order valence-electron chi connectivity index (χ0n) is 10.9. The molecule has 0 saturated heterocycles. The summed E-state index contributed by atoms with van der Waals surface area (Å²) in [5.74, 6) is -1.30. The second-order valence-corrected chi connectivity index (χ2v) is 4.12. The van der Waals surface area contributed by atoms with Crippen LogP contribution in [-0.4, -0.2) is 18.4 Å². The minimum absolute atomic E-state index is 0.353. The van der Waals surface area contributed by atoms with Crippen LogP contribution in [0.3, 0.4) is 0 Å². The van der Waals surface area contributed by atoms with Gasteiger partial charge in [0.25, 0.3) is 0 Å². The van der Waals surface area contributed by atoms with Gasteiger partial charge in [0.15, 0.2) is 0 Å². The van der Waals surface area contributed by atoms with Gasteiger partial charge in [-0.25, -0.2) is 0 Å². The summed E-state index contributed by atoms with van der Waals surface area (Å²) in [5, 5.41) is 4.58. The summed E-state index contributed by atoms with van der Waals surface area (Å²) in [5.41, 5.74) is -1.30. The molecular formula is C13H15F3N2O2. The van der Waals surface area contributed by atoms with Gasteiger partial charge in [-0.05, 0) is 18.6 Å². The van der Waals surface area contributed by atoms with E-state index in [0.29, 0.717) is 13.0 Å². The molecule has 1 aromatic rings. The lowest BCUT2D eigenvalue weighted by atomic mass is 10.1. The quantitative estimate of drug-likeness (QED) is 0.818. The van der Waals surface area contributed by atoms with Crippen LogP contribution in [-0.2, 0) is 15.8 Å². The van der Waals surface area contributed by atoms with Gasteiger partial charge in [-0.1, -0.05) is 19.1 Å². The van der Waals surface area contributed by atoms with Crippen molar-refractivity contribution in [3.05, 3.63) is 29.8 Å². The minimum atomic E-state index is -4.56. The maximum absolute atomic E-state index is 12.7. The highest BCUT2D eigenvalue weighted by Crippen LogP contribution is 2.34. The van der Waals surface area contributed by atoms with Crippen molar-refractivity contribution in [2.75, 3.05) is 11.9 Å². The molecule has 0 saturated carbocycles. The lowest BCUT2D eigenvalue weighted by molar-refractivity contribution is -0.137. The Morgan fingerprint density at radius 2 is 1.80 bits per heavy atom. The number of carbonyl (C=O) groups excluding carboxylic acids is 2. The molecule has 20 heavy (non-hydrogen) atoms. The number of nitrogens with one attached hydrogen (secondary N) is 2. The molecule has 2 amide bonds. The van der Waals surface area contributed by atoms with Crippen LogP contribution in [0.25, 0.3) is 0 Å². The van der Waals surface area contributed by atoms with E-state index >= 15 is 0 Å². The molecule has 0 bridgehead atoms.